The van der Waals surface area contributed by atoms with Crippen molar-refractivity contribution in [2.24, 2.45) is 5.73 Å². The predicted octanol–water partition coefficient (Wildman–Crippen LogP) is 1.98. The molecule has 2 heterocycles. The summed E-state index contributed by atoms with van der Waals surface area (Å²) in [6, 6.07) is 3.64. The Balaban J connectivity index is 1.85. The van der Waals surface area contributed by atoms with Gasteiger partial charge in [0.2, 0.25) is 5.88 Å². The fourth-order valence-corrected chi connectivity index (χ4v) is 2.53. The Morgan fingerprint density at radius 2 is 1.96 bits per heavy atom. The van der Waals surface area contributed by atoms with Crippen LogP contribution in [0.15, 0.2) is 29.8 Å². The van der Waals surface area contributed by atoms with Crippen LogP contribution in [0, 0.1) is 0 Å². The van der Waals surface area contributed by atoms with Crippen LogP contribution in [0.3, 0.4) is 0 Å². The van der Waals surface area contributed by atoms with Crippen molar-refractivity contribution in [2.45, 2.75) is 6.18 Å². The lowest BCUT2D eigenvalue weighted by Crippen LogP contribution is -2.22. The normalized spacial score (nSPS) is 10.9. The van der Waals surface area contributed by atoms with Crippen molar-refractivity contribution in [2.75, 3.05) is 18.5 Å². The highest BCUT2D eigenvalue weighted by Gasteiger charge is 2.28. The number of nitrogens with two attached hydrogens (primary N) is 1. The molecule has 0 saturated heterocycles. The number of nitrogens with one attached hydrogen (secondary N) is 1. The number of carbonyl (C=O) groups is 3. The van der Waals surface area contributed by atoms with E-state index in [9.17, 15) is 27.6 Å². The number of primary amides is 1. The first-order valence-electron chi connectivity index (χ1n) is 7.15. The third kappa shape index (κ3) is 6.26. The lowest BCUT2D eigenvalue weighted by atomic mass is 10.3. The number of hydrogen-bond acceptors (Lipinski definition) is 7. The molecule has 0 aliphatic heterocycles. The number of alkyl halides is 3. The molecule has 12 heteroatoms. The first kappa shape index (κ1) is 20.2. The van der Waals surface area contributed by atoms with Crippen molar-refractivity contribution >= 4 is 34.1 Å². The summed E-state index contributed by atoms with van der Waals surface area (Å²) < 4.78 is 45.3. The molecule has 144 valence electrons. The summed E-state index contributed by atoms with van der Waals surface area (Å²) >= 11 is 1.07. The van der Waals surface area contributed by atoms with Crippen LogP contribution in [-0.2, 0) is 9.53 Å². The number of carbonyl (C=O) groups excluding carboxylic acids is 3. The smallest absolute Gasteiger partial charge is 0.422 e. The van der Waals surface area contributed by atoms with E-state index in [0.29, 0.717) is 0 Å². The molecular formula is C15H12F3N3O5S. The predicted molar refractivity (Wildman–Crippen MR) is 87.5 cm³/mol. The van der Waals surface area contributed by atoms with Gasteiger partial charge in [0.15, 0.2) is 13.2 Å². The van der Waals surface area contributed by atoms with Crippen LogP contribution in [0.5, 0.6) is 5.88 Å². The molecule has 0 spiro atoms. The van der Waals surface area contributed by atoms with Gasteiger partial charge in [0, 0.05) is 12.3 Å². The maximum atomic E-state index is 12.0. The van der Waals surface area contributed by atoms with Gasteiger partial charge in [-0.15, -0.1) is 11.3 Å². The fraction of sp³-hybridized carbons (Fsp3) is 0.200. The van der Waals surface area contributed by atoms with E-state index in [1.165, 1.54) is 6.07 Å². The molecule has 0 atom stereocenters. The van der Waals surface area contributed by atoms with Gasteiger partial charge in [-0.1, -0.05) is 0 Å². The van der Waals surface area contributed by atoms with Crippen LogP contribution in [0.25, 0.3) is 0 Å². The van der Waals surface area contributed by atoms with Crippen molar-refractivity contribution < 1.29 is 37.0 Å². The third-order valence-electron chi connectivity index (χ3n) is 2.87. The van der Waals surface area contributed by atoms with E-state index < -0.39 is 37.2 Å². The molecule has 27 heavy (non-hydrogen) atoms. The number of ether oxygens (including phenoxy) is 2. The zero-order valence-corrected chi connectivity index (χ0v) is 14.2. The minimum absolute atomic E-state index is 0.0869. The van der Waals surface area contributed by atoms with Crippen LogP contribution < -0.4 is 15.8 Å². The molecule has 2 amide bonds. The Kier molecular flexibility index (Phi) is 6.34. The zero-order chi connectivity index (χ0) is 20.0. The summed E-state index contributed by atoms with van der Waals surface area (Å²) in [5.41, 5.74) is 5.18. The van der Waals surface area contributed by atoms with Gasteiger partial charge >= 0.3 is 12.1 Å². The molecule has 2 aromatic rings. The van der Waals surface area contributed by atoms with E-state index >= 15 is 0 Å². The van der Waals surface area contributed by atoms with Gasteiger partial charge in [-0.2, -0.15) is 13.2 Å². The number of aromatic nitrogens is 1. The van der Waals surface area contributed by atoms with E-state index in [-0.39, 0.29) is 22.0 Å². The molecule has 0 aromatic carbocycles. The van der Waals surface area contributed by atoms with E-state index in [1.54, 1.807) is 5.38 Å². The lowest BCUT2D eigenvalue weighted by molar-refractivity contribution is -0.154. The van der Waals surface area contributed by atoms with Crippen LogP contribution in [-0.4, -0.2) is 42.2 Å². The highest BCUT2D eigenvalue weighted by atomic mass is 32.1. The summed E-state index contributed by atoms with van der Waals surface area (Å²) in [5, 5.41) is 4.15. The average Bonchev–Trinajstić information content (AvgIpc) is 3.06. The molecule has 0 aliphatic carbocycles. The Morgan fingerprint density at radius 1 is 1.22 bits per heavy atom. The van der Waals surface area contributed by atoms with Gasteiger partial charge in [-0.25, -0.2) is 9.78 Å². The molecule has 8 nitrogen and oxygen atoms in total. The number of amides is 2. The summed E-state index contributed by atoms with van der Waals surface area (Å²) in [4.78, 5) is 38.3. The standard InChI is InChI=1S/C15H12F3N3O5S/c16-15(17,18)7-26-11-2-1-8(5-20-11)14(24)25-6-10(22)21-13-9(12(19)23)3-4-27-13/h1-5H,6-7H2,(H2,19,23)(H,21,22). The first-order chi connectivity index (χ1) is 12.7. The highest BCUT2D eigenvalue weighted by molar-refractivity contribution is 7.14. The van der Waals surface area contributed by atoms with Gasteiger partial charge in [0.1, 0.15) is 5.00 Å². The lowest BCUT2D eigenvalue weighted by Gasteiger charge is -2.09. The van der Waals surface area contributed by atoms with Gasteiger partial charge in [0.05, 0.1) is 11.1 Å². The van der Waals surface area contributed by atoms with Crippen molar-refractivity contribution in [3.63, 3.8) is 0 Å². The Hall–Kier alpha value is -3.15. The number of hydrogen-bond donors (Lipinski definition) is 2. The second-order valence-corrected chi connectivity index (χ2v) is 5.86. The zero-order valence-electron chi connectivity index (χ0n) is 13.4. The first-order valence-corrected chi connectivity index (χ1v) is 8.03. The minimum atomic E-state index is -4.51. The molecule has 0 bridgehead atoms. The van der Waals surface area contributed by atoms with Crippen LogP contribution in [0.4, 0.5) is 18.2 Å². The number of nitrogens with zero attached hydrogens (tertiary/aromatic N) is 1. The quantitative estimate of drug-likeness (QED) is 0.682. The van der Waals surface area contributed by atoms with Crippen molar-refractivity contribution in [3.8, 4) is 5.88 Å². The number of esters is 1. The SMILES string of the molecule is NC(=O)c1ccsc1NC(=O)COC(=O)c1ccc(OCC(F)(F)F)nc1. The van der Waals surface area contributed by atoms with Crippen LogP contribution in [0.2, 0.25) is 0 Å². The van der Waals surface area contributed by atoms with E-state index in [1.807, 2.05) is 0 Å². The highest BCUT2D eigenvalue weighted by Crippen LogP contribution is 2.22. The number of halogens is 3. The van der Waals surface area contributed by atoms with Gasteiger partial charge < -0.3 is 20.5 Å². The second-order valence-electron chi connectivity index (χ2n) is 4.94. The van der Waals surface area contributed by atoms with Crippen LogP contribution >= 0.6 is 11.3 Å². The number of pyridine rings is 1. The maximum Gasteiger partial charge on any atom is 0.422 e. The largest absolute Gasteiger partial charge is 0.468 e. The summed E-state index contributed by atoms with van der Waals surface area (Å²) in [7, 11) is 0. The molecule has 3 N–H and O–H groups in total. The van der Waals surface area contributed by atoms with E-state index in [2.05, 4.69) is 15.0 Å². The van der Waals surface area contributed by atoms with Crippen LogP contribution in [0.1, 0.15) is 20.7 Å². The summed E-state index contributed by atoms with van der Waals surface area (Å²) in [6.45, 7) is -2.17. The minimum Gasteiger partial charge on any atom is -0.468 e. The molecular weight excluding hydrogens is 391 g/mol. The van der Waals surface area contributed by atoms with Gasteiger partial charge in [0.25, 0.3) is 11.8 Å². The Bertz CT molecular complexity index is 836. The monoisotopic (exact) mass is 403 g/mol. The average molecular weight is 403 g/mol. The van der Waals surface area contributed by atoms with Crippen molar-refractivity contribution in [3.05, 3.63) is 40.9 Å². The molecule has 0 radical (unpaired) electrons. The number of rotatable bonds is 7. The topological polar surface area (TPSA) is 121 Å². The van der Waals surface area contributed by atoms with Gasteiger partial charge in [-0.05, 0) is 17.5 Å². The Morgan fingerprint density at radius 3 is 2.56 bits per heavy atom. The Labute approximate surface area is 154 Å². The maximum absolute atomic E-state index is 12.0. The number of anilines is 1. The van der Waals surface area contributed by atoms with Gasteiger partial charge in [-0.3, -0.25) is 9.59 Å². The van der Waals surface area contributed by atoms with E-state index in [0.717, 1.165) is 29.7 Å². The third-order valence-corrected chi connectivity index (χ3v) is 3.70. The molecule has 2 rings (SSSR count). The fourth-order valence-electron chi connectivity index (χ4n) is 1.72. The molecule has 0 unspecified atom stereocenters. The summed E-state index contributed by atoms with van der Waals surface area (Å²) in [6.07, 6.45) is -3.56. The molecule has 0 fully saturated rings. The molecule has 2 aromatic heterocycles. The molecule has 0 saturated carbocycles. The van der Waals surface area contributed by atoms with Crippen molar-refractivity contribution in [1.82, 2.24) is 4.98 Å². The number of thiophene rings is 1. The molecule has 0 aliphatic rings. The van der Waals surface area contributed by atoms with E-state index in [4.69, 9.17) is 10.5 Å². The second kappa shape index (κ2) is 8.49. The summed E-state index contributed by atoms with van der Waals surface area (Å²) in [5.74, 6) is -2.66. The van der Waals surface area contributed by atoms with Crippen molar-refractivity contribution in [1.29, 1.82) is 0 Å².